The lowest BCUT2D eigenvalue weighted by Crippen LogP contribution is -2.11. The topological polar surface area (TPSA) is 86.8 Å². The number of fused-ring (bicyclic) bond motifs is 1. The van der Waals surface area contributed by atoms with Gasteiger partial charge < -0.3 is 14.2 Å². The molecular weight excluding hydrogens is 356 g/mol. The van der Waals surface area contributed by atoms with Crippen LogP contribution in [0.25, 0.3) is 0 Å². The minimum Gasteiger partial charge on any atom is -0.462 e. The minimum atomic E-state index is -0.459. The lowest BCUT2D eigenvalue weighted by atomic mass is 10.2. The van der Waals surface area contributed by atoms with Gasteiger partial charge in [0, 0.05) is 5.56 Å². The molecule has 1 aromatic heterocycles. The third-order valence-electron chi connectivity index (χ3n) is 3.17. The second kappa shape index (κ2) is 6.66. The van der Waals surface area contributed by atoms with Gasteiger partial charge in [0.25, 0.3) is 5.91 Å². The van der Waals surface area contributed by atoms with Crippen molar-refractivity contribution in [3.05, 3.63) is 33.3 Å². The maximum atomic E-state index is 12.4. The Hall–Kier alpha value is -2.32. The van der Waals surface area contributed by atoms with Crippen molar-refractivity contribution in [3.63, 3.8) is 0 Å². The molecule has 7 nitrogen and oxygen atoms in total. The zero-order valence-electron chi connectivity index (χ0n) is 12.8. The van der Waals surface area contributed by atoms with E-state index in [1.54, 1.807) is 13.8 Å². The summed E-state index contributed by atoms with van der Waals surface area (Å²) in [4.78, 5) is 28.7. The van der Waals surface area contributed by atoms with Crippen LogP contribution in [0.1, 0.15) is 32.6 Å². The Labute approximate surface area is 146 Å². The average molecular weight is 369 g/mol. The Balaban J connectivity index is 1.79. The van der Waals surface area contributed by atoms with Gasteiger partial charge in [-0.2, -0.15) is 0 Å². The van der Waals surface area contributed by atoms with Crippen LogP contribution in [0.3, 0.4) is 0 Å². The average Bonchev–Trinajstić information content (AvgIpc) is 3.14. The number of esters is 1. The number of halogens is 1. The van der Waals surface area contributed by atoms with Crippen LogP contribution in [0.5, 0.6) is 11.5 Å². The molecule has 2 heterocycles. The first-order valence-electron chi connectivity index (χ1n) is 7.04. The molecule has 1 aromatic carbocycles. The summed E-state index contributed by atoms with van der Waals surface area (Å²) in [5, 5.41) is 3.23. The van der Waals surface area contributed by atoms with Crippen molar-refractivity contribution in [2.75, 3.05) is 18.7 Å². The highest BCUT2D eigenvalue weighted by atomic mass is 35.5. The Morgan fingerprint density at radius 2 is 2.21 bits per heavy atom. The summed E-state index contributed by atoms with van der Waals surface area (Å²) in [6.45, 7) is 3.73. The number of nitrogens with one attached hydrogen (secondary N) is 1. The molecule has 1 amide bonds. The van der Waals surface area contributed by atoms with Crippen molar-refractivity contribution in [1.82, 2.24) is 4.98 Å². The molecule has 0 spiro atoms. The van der Waals surface area contributed by atoms with Crippen LogP contribution in [0.15, 0.2) is 12.1 Å². The van der Waals surface area contributed by atoms with Gasteiger partial charge in [0.05, 0.1) is 17.3 Å². The molecule has 9 heteroatoms. The van der Waals surface area contributed by atoms with E-state index in [9.17, 15) is 9.59 Å². The summed E-state index contributed by atoms with van der Waals surface area (Å²) in [6, 6.07) is 3.02. The number of anilines is 1. The third kappa shape index (κ3) is 3.15. The van der Waals surface area contributed by atoms with Crippen molar-refractivity contribution in [3.8, 4) is 11.5 Å². The molecule has 0 saturated carbocycles. The maximum absolute atomic E-state index is 12.4. The van der Waals surface area contributed by atoms with E-state index in [-0.39, 0.29) is 18.4 Å². The molecule has 0 radical (unpaired) electrons. The molecule has 1 aliphatic heterocycles. The first-order valence-corrected chi connectivity index (χ1v) is 8.24. The number of nitrogens with zero attached hydrogens (tertiary/aromatic N) is 1. The van der Waals surface area contributed by atoms with Gasteiger partial charge in [-0.05, 0) is 26.0 Å². The summed E-state index contributed by atoms with van der Waals surface area (Å²) in [5.41, 5.74) is 0.798. The summed E-state index contributed by atoms with van der Waals surface area (Å²) in [5.74, 6) is -0.0448. The van der Waals surface area contributed by atoms with Crippen LogP contribution >= 0.6 is 22.9 Å². The fraction of sp³-hybridized carbons (Fsp3) is 0.267. The first-order chi connectivity index (χ1) is 11.5. The lowest BCUT2D eigenvalue weighted by Gasteiger charge is -2.04. The number of benzene rings is 1. The molecule has 126 valence electrons. The van der Waals surface area contributed by atoms with Crippen molar-refractivity contribution < 1.29 is 23.8 Å². The number of aryl methyl sites for hydroxylation is 1. The fourth-order valence-corrected chi connectivity index (χ4v) is 3.22. The molecule has 1 aliphatic rings. The van der Waals surface area contributed by atoms with Gasteiger partial charge in [-0.15, -0.1) is 0 Å². The normalized spacial score (nSPS) is 12.1. The highest BCUT2D eigenvalue weighted by Crippen LogP contribution is 2.40. The molecule has 24 heavy (non-hydrogen) atoms. The van der Waals surface area contributed by atoms with E-state index in [0.717, 1.165) is 11.3 Å². The van der Waals surface area contributed by atoms with E-state index in [1.807, 2.05) is 0 Å². The van der Waals surface area contributed by atoms with Gasteiger partial charge in [0.2, 0.25) is 6.79 Å². The number of hydrogen-bond acceptors (Lipinski definition) is 7. The molecule has 0 bridgehead atoms. The van der Waals surface area contributed by atoms with Crippen LogP contribution < -0.4 is 14.8 Å². The van der Waals surface area contributed by atoms with E-state index in [1.165, 1.54) is 12.1 Å². The van der Waals surface area contributed by atoms with Crippen molar-refractivity contribution in [1.29, 1.82) is 0 Å². The first kappa shape index (κ1) is 16.5. The van der Waals surface area contributed by atoms with E-state index < -0.39 is 11.9 Å². The molecule has 0 aliphatic carbocycles. The van der Waals surface area contributed by atoms with Crippen molar-refractivity contribution in [2.24, 2.45) is 0 Å². The highest BCUT2D eigenvalue weighted by molar-refractivity contribution is 7.17. The molecule has 0 fully saturated rings. The second-order valence-corrected chi connectivity index (χ2v) is 6.21. The van der Waals surface area contributed by atoms with Gasteiger partial charge in [0.15, 0.2) is 16.6 Å². The van der Waals surface area contributed by atoms with E-state index in [4.69, 9.17) is 25.8 Å². The number of hydrogen-bond donors (Lipinski definition) is 1. The van der Waals surface area contributed by atoms with Gasteiger partial charge >= 0.3 is 5.97 Å². The summed E-state index contributed by atoms with van der Waals surface area (Å²) in [7, 11) is 0. The number of aromatic nitrogens is 1. The smallest absolute Gasteiger partial charge is 0.350 e. The molecular formula is C15H13ClN2O5S. The largest absolute Gasteiger partial charge is 0.462 e. The van der Waals surface area contributed by atoms with Crippen molar-refractivity contribution >= 4 is 39.9 Å². The van der Waals surface area contributed by atoms with Crippen LogP contribution in [-0.2, 0) is 4.74 Å². The second-order valence-electron chi connectivity index (χ2n) is 4.80. The van der Waals surface area contributed by atoms with Crippen LogP contribution in [0.4, 0.5) is 5.13 Å². The van der Waals surface area contributed by atoms with Gasteiger partial charge in [0.1, 0.15) is 4.88 Å². The number of ether oxygens (including phenoxy) is 3. The summed E-state index contributed by atoms with van der Waals surface area (Å²) >= 11 is 7.12. The SMILES string of the molecule is CCOC(=O)c1sc(NC(=O)c2cc(Cl)c3c(c2)OCO3)nc1C. The highest BCUT2D eigenvalue weighted by Gasteiger charge is 2.22. The van der Waals surface area contributed by atoms with E-state index in [0.29, 0.717) is 32.8 Å². The maximum Gasteiger partial charge on any atom is 0.350 e. The predicted molar refractivity (Wildman–Crippen MR) is 88.3 cm³/mol. The van der Waals surface area contributed by atoms with Crippen LogP contribution in [0, 0.1) is 6.92 Å². The van der Waals surface area contributed by atoms with Crippen LogP contribution in [-0.4, -0.2) is 30.3 Å². The molecule has 1 N–H and O–H groups in total. The zero-order valence-corrected chi connectivity index (χ0v) is 14.4. The molecule has 2 aromatic rings. The monoisotopic (exact) mass is 368 g/mol. The van der Waals surface area contributed by atoms with Gasteiger partial charge in [-0.1, -0.05) is 22.9 Å². The number of carbonyl (C=O) groups excluding carboxylic acids is 2. The molecule has 3 rings (SSSR count). The van der Waals surface area contributed by atoms with Crippen molar-refractivity contribution in [2.45, 2.75) is 13.8 Å². The molecule has 0 saturated heterocycles. The number of thiazole rings is 1. The lowest BCUT2D eigenvalue weighted by molar-refractivity contribution is 0.0531. The zero-order chi connectivity index (χ0) is 17.3. The van der Waals surface area contributed by atoms with Gasteiger partial charge in [-0.3, -0.25) is 10.1 Å². The minimum absolute atomic E-state index is 0.0642. The number of rotatable bonds is 4. The Kier molecular flexibility index (Phi) is 4.59. The van der Waals surface area contributed by atoms with Crippen LogP contribution in [0.2, 0.25) is 5.02 Å². The summed E-state index contributed by atoms with van der Waals surface area (Å²) < 4.78 is 15.4. The number of carbonyl (C=O) groups is 2. The quantitative estimate of drug-likeness (QED) is 0.833. The standard InChI is InChI=1S/C15H13ClN2O5S/c1-3-21-14(20)12-7(2)17-15(24-12)18-13(19)8-4-9(16)11-10(5-8)22-6-23-11/h4-5H,3,6H2,1-2H3,(H,17,18,19). The Bertz CT molecular complexity index is 820. The molecule has 0 unspecified atom stereocenters. The van der Waals surface area contributed by atoms with E-state index in [2.05, 4.69) is 10.3 Å². The third-order valence-corrected chi connectivity index (χ3v) is 4.50. The Morgan fingerprint density at radius 3 is 2.96 bits per heavy atom. The van der Waals surface area contributed by atoms with Gasteiger partial charge in [-0.25, -0.2) is 9.78 Å². The molecule has 0 atom stereocenters. The Morgan fingerprint density at radius 1 is 1.42 bits per heavy atom. The summed E-state index contributed by atoms with van der Waals surface area (Å²) in [6.07, 6.45) is 0. The fourth-order valence-electron chi connectivity index (χ4n) is 2.10. The van der Waals surface area contributed by atoms with E-state index >= 15 is 0 Å². The predicted octanol–water partition coefficient (Wildman–Crippen LogP) is 3.26. The number of amides is 1.